The lowest BCUT2D eigenvalue weighted by Gasteiger charge is -2.29. The van der Waals surface area contributed by atoms with E-state index >= 15 is 0 Å². The number of carboxylic acid groups (broad SMARTS) is 1. The van der Waals surface area contributed by atoms with Gasteiger partial charge in [-0.05, 0) is 42.0 Å². The number of fused-ring (bicyclic) bond motifs is 1. The maximum atomic E-state index is 13.8. The first-order chi connectivity index (χ1) is 19.3. The van der Waals surface area contributed by atoms with Crippen LogP contribution in [0.25, 0.3) is 23.4 Å². The Morgan fingerprint density at radius 1 is 1.02 bits per heavy atom. The molecule has 0 radical (unpaired) electrons. The molecule has 1 aromatic carbocycles. The van der Waals surface area contributed by atoms with E-state index in [9.17, 15) is 31.1 Å². The minimum Gasteiger partial charge on any atom is -0.475 e. The minimum atomic E-state index is -5.08. The van der Waals surface area contributed by atoms with Crippen molar-refractivity contribution < 1.29 is 45.8 Å². The van der Waals surface area contributed by atoms with Crippen molar-refractivity contribution in [3.8, 4) is 11.3 Å². The fraction of sp³-hybridized carbons (Fsp3) is 0.296. The van der Waals surface area contributed by atoms with Crippen molar-refractivity contribution in [2.45, 2.75) is 18.8 Å². The van der Waals surface area contributed by atoms with Crippen LogP contribution in [0.5, 0.6) is 0 Å². The summed E-state index contributed by atoms with van der Waals surface area (Å²) in [5, 5.41) is 9.94. The zero-order chi connectivity index (χ0) is 29.8. The van der Waals surface area contributed by atoms with E-state index in [1.807, 2.05) is 4.90 Å². The maximum absolute atomic E-state index is 13.8. The third-order valence-electron chi connectivity index (χ3n) is 6.29. The summed E-state index contributed by atoms with van der Waals surface area (Å²) < 4.78 is 78.5. The minimum absolute atomic E-state index is 0.0729. The van der Waals surface area contributed by atoms with E-state index in [1.165, 1.54) is 18.2 Å². The Hall–Kier alpha value is -4.33. The van der Waals surface area contributed by atoms with Crippen LogP contribution in [-0.4, -0.2) is 66.0 Å². The topological polar surface area (TPSA) is 108 Å². The van der Waals surface area contributed by atoms with Crippen molar-refractivity contribution in [2.75, 3.05) is 37.7 Å². The van der Waals surface area contributed by atoms with E-state index in [0.29, 0.717) is 49.8 Å². The molecule has 0 atom stereocenters. The molecule has 218 valence electrons. The van der Waals surface area contributed by atoms with Crippen LogP contribution in [0.2, 0.25) is 0 Å². The van der Waals surface area contributed by atoms with Gasteiger partial charge in [0.25, 0.3) is 5.91 Å². The highest BCUT2D eigenvalue weighted by atomic mass is 19.4. The summed E-state index contributed by atoms with van der Waals surface area (Å²) in [4.78, 5) is 30.4. The summed E-state index contributed by atoms with van der Waals surface area (Å²) in [5.74, 6) is -2.87. The Labute approximate surface area is 229 Å². The predicted molar refractivity (Wildman–Crippen MR) is 137 cm³/mol. The number of amides is 1. The number of benzene rings is 1. The van der Waals surface area contributed by atoms with Crippen molar-refractivity contribution in [2.24, 2.45) is 0 Å². The van der Waals surface area contributed by atoms with Gasteiger partial charge in [-0.2, -0.15) is 26.3 Å². The molecule has 0 bridgehead atoms. The number of alkyl halides is 6. The fourth-order valence-electron chi connectivity index (χ4n) is 4.28. The van der Waals surface area contributed by atoms with E-state index in [0.717, 1.165) is 23.4 Å². The zero-order valence-corrected chi connectivity index (χ0v) is 21.3. The van der Waals surface area contributed by atoms with Crippen LogP contribution < -0.4 is 10.2 Å². The molecule has 0 spiro atoms. The number of anilines is 1. The van der Waals surface area contributed by atoms with Gasteiger partial charge in [-0.1, -0.05) is 12.1 Å². The van der Waals surface area contributed by atoms with Crippen molar-refractivity contribution in [3.63, 3.8) is 0 Å². The van der Waals surface area contributed by atoms with E-state index in [4.69, 9.17) is 14.6 Å². The number of rotatable bonds is 4. The number of hydrogen-bond acceptors (Lipinski definition) is 5. The number of carbonyl (C=O) groups is 2. The summed E-state index contributed by atoms with van der Waals surface area (Å²) in [7, 11) is 0. The maximum Gasteiger partial charge on any atom is 0.490 e. The van der Waals surface area contributed by atoms with E-state index in [-0.39, 0.29) is 11.5 Å². The van der Waals surface area contributed by atoms with Crippen LogP contribution in [0.15, 0.2) is 42.6 Å². The molecule has 3 aromatic rings. The van der Waals surface area contributed by atoms with Crippen LogP contribution in [0.1, 0.15) is 32.9 Å². The highest BCUT2D eigenvalue weighted by Gasteiger charge is 2.38. The Kier molecular flexibility index (Phi) is 8.71. The molecule has 41 heavy (non-hydrogen) atoms. The van der Waals surface area contributed by atoms with Crippen LogP contribution in [-0.2, 0) is 22.1 Å². The number of carbonyl (C=O) groups excluding carboxylic acids is 1. The number of aromatic amines is 1. The molecular formula is C27H24F6N4O4. The van der Waals surface area contributed by atoms with Gasteiger partial charge in [0.05, 0.1) is 30.0 Å². The molecule has 0 aliphatic carbocycles. The molecule has 0 unspecified atom stereocenters. The quantitative estimate of drug-likeness (QED) is 0.373. The number of halogens is 6. The number of aromatic nitrogens is 2. The monoisotopic (exact) mass is 582 g/mol. The molecule has 2 aliphatic heterocycles. The van der Waals surface area contributed by atoms with Crippen molar-refractivity contribution >= 4 is 29.7 Å². The summed E-state index contributed by atoms with van der Waals surface area (Å²) in [5.41, 5.74) is 3.50. The largest absolute Gasteiger partial charge is 0.490 e. The summed E-state index contributed by atoms with van der Waals surface area (Å²) >= 11 is 0. The molecule has 1 amide bonds. The first-order valence-electron chi connectivity index (χ1n) is 12.3. The Bertz CT molecular complexity index is 1440. The predicted octanol–water partition coefficient (Wildman–Crippen LogP) is 5.02. The average Bonchev–Trinajstić information content (AvgIpc) is 3.38. The first-order valence-corrected chi connectivity index (χ1v) is 12.3. The third kappa shape index (κ3) is 7.45. The number of pyridine rings is 1. The second-order valence-corrected chi connectivity index (χ2v) is 9.06. The smallest absolute Gasteiger partial charge is 0.475 e. The van der Waals surface area contributed by atoms with Crippen LogP contribution >= 0.6 is 0 Å². The molecular weight excluding hydrogens is 558 g/mol. The molecule has 3 N–H and O–H groups in total. The standard InChI is InChI=1S/C25H23F3N4O2.C2HF3O2/c26-25(27,28)21-14-19(32-9-11-34-12-10-32)4-2-16(21)1-3-18-13-17(5-7-29-18)23-15-20-22(31-23)6-8-30-24(20)33;3-2(4,5)1(6)7/h1-5,7,13-15,31H,6,8-12H2,(H,30,33);(H,6,7)/b3-1+;. The van der Waals surface area contributed by atoms with Crippen LogP contribution in [0, 0.1) is 0 Å². The molecule has 1 fully saturated rings. The van der Waals surface area contributed by atoms with Gasteiger partial charge in [-0.25, -0.2) is 4.79 Å². The fourth-order valence-corrected chi connectivity index (χ4v) is 4.28. The van der Waals surface area contributed by atoms with Crippen molar-refractivity contribution in [3.05, 3.63) is 70.7 Å². The number of aliphatic carboxylic acids is 1. The molecule has 5 rings (SSSR count). The number of nitrogens with zero attached hydrogens (tertiary/aromatic N) is 2. The highest BCUT2D eigenvalue weighted by molar-refractivity contribution is 5.97. The van der Waals surface area contributed by atoms with E-state index < -0.39 is 23.9 Å². The Morgan fingerprint density at radius 3 is 2.37 bits per heavy atom. The van der Waals surface area contributed by atoms with Gasteiger partial charge in [0.1, 0.15) is 0 Å². The van der Waals surface area contributed by atoms with Crippen LogP contribution in [0.3, 0.4) is 0 Å². The zero-order valence-electron chi connectivity index (χ0n) is 21.3. The van der Waals surface area contributed by atoms with Crippen molar-refractivity contribution in [1.82, 2.24) is 15.3 Å². The van der Waals surface area contributed by atoms with Gasteiger partial charge in [0.2, 0.25) is 0 Å². The Balaban J connectivity index is 0.000000493. The number of carboxylic acids is 1. The Morgan fingerprint density at radius 2 is 1.73 bits per heavy atom. The normalized spacial score (nSPS) is 15.7. The van der Waals surface area contributed by atoms with E-state index in [2.05, 4.69) is 15.3 Å². The highest BCUT2D eigenvalue weighted by Crippen LogP contribution is 2.36. The molecule has 8 nitrogen and oxygen atoms in total. The number of nitrogens with one attached hydrogen (secondary N) is 2. The van der Waals surface area contributed by atoms with Gasteiger partial charge in [0, 0.05) is 54.9 Å². The van der Waals surface area contributed by atoms with Gasteiger partial charge < -0.3 is 25.0 Å². The molecule has 1 saturated heterocycles. The van der Waals surface area contributed by atoms with Gasteiger partial charge in [-0.3, -0.25) is 9.78 Å². The lowest BCUT2D eigenvalue weighted by Crippen LogP contribution is -2.36. The molecule has 14 heteroatoms. The van der Waals surface area contributed by atoms with Gasteiger partial charge in [0.15, 0.2) is 0 Å². The van der Waals surface area contributed by atoms with Crippen LogP contribution in [0.4, 0.5) is 32.0 Å². The summed E-state index contributed by atoms with van der Waals surface area (Å²) in [6, 6.07) is 9.76. The second-order valence-electron chi connectivity index (χ2n) is 9.06. The second kappa shape index (κ2) is 12.0. The molecule has 4 heterocycles. The van der Waals surface area contributed by atoms with E-state index in [1.54, 1.807) is 36.5 Å². The van der Waals surface area contributed by atoms with Crippen molar-refractivity contribution in [1.29, 1.82) is 0 Å². The van der Waals surface area contributed by atoms with Gasteiger partial charge in [-0.15, -0.1) is 0 Å². The third-order valence-corrected chi connectivity index (χ3v) is 6.29. The average molecular weight is 583 g/mol. The summed E-state index contributed by atoms with van der Waals surface area (Å²) in [6.45, 7) is 2.71. The number of ether oxygens (including phenoxy) is 1. The number of morpholine rings is 1. The number of H-pyrrole nitrogens is 1. The molecule has 0 saturated carbocycles. The lowest BCUT2D eigenvalue weighted by atomic mass is 10.0. The number of hydrogen-bond donors (Lipinski definition) is 3. The first kappa shape index (κ1) is 29.6. The SMILES string of the molecule is O=C(O)C(F)(F)F.O=C1NCCc2[nH]c(-c3ccnc(/C=C/c4ccc(N5CCOCC5)cc4C(F)(F)F)c3)cc21. The molecule has 2 aromatic heterocycles. The molecule has 2 aliphatic rings. The lowest BCUT2D eigenvalue weighted by molar-refractivity contribution is -0.192. The van der Waals surface area contributed by atoms with Gasteiger partial charge >= 0.3 is 18.3 Å². The summed E-state index contributed by atoms with van der Waals surface area (Å²) in [6.07, 6.45) is -4.24.